The average Bonchev–Trinajstić information content (AvgIpc) is 3.20. The molecule has 2 N–H and O–H groups in total. The van der Waals surface area contributed by atoms with Crippen molar-refractivity contribution < 1.29 is 14.3 Å². The first-order chi connectivity index (χ1) is 13.6. The summed E-state index contributed by atoms with van der Waals surface area (Å²) in [7, 11) is 1.56. The van der Waals surface area contributed by atoms with Crippen molar-refractivity contribution in [2.75, 3.05) is 12.4 Å². The van der Waals surface area contributed by atoms with Gasteiger partial charge in [0.2, 0.25) is 17.7 Å². The third-order valence-electron chi connectivity index (χ3n) is 5.18. The molecule has 2 amide bonds. The number of hydrogen-bond donors (Lipinski definition) is 2. The van der Waals surface area contributed by atoms with Gasteiger partial charge in [-0.15, -0.1) is 11.3 Å². The molecule has 0 unspecified atom stereocenters. The Morgan fingerprint density at radius 1 is 1.14 bits per heavy atom. The van der Waals surface area contributed by atoms with Gasteiger partial charge in [-0.1, -0.05) is 25.3 Å². The van der Waals surface area contributed by atoms with Gasteiger partial charge in [0, 0.05) is 42.7 Å². The molecule has 1 aliphatic rings. The second kappa shape index (κ2) is 9.64. The molecule has 0 spiro atoms. The molecule has 0 aliphatic heterocycles. The van der Waals surface area contributed by atoms with Gasteiger partial charge in [-0.05, 0) is 24.3 Å². The lowest BCUT2D eigenvalue weighted by Crippen LogP contribution is -2.36. The second-order valence-corrected chi connectivity index (χ2v) is 8.14. The molecule has 0 radical (unpaired) electrons. The van der Waals surface area contributed by atoms with E-state index in [2.05, 4.69) is 20.6 Å². The first-order valence-electron chi connectivity index (χ1n) is 9.54. The largest absolute Gasteiger partial charge is 0.481 e. The minimum absolute atomic E-state index is 0.0464. The third-order valence-corrected chi connectivity index (χ3v) is 5.87. The van der Waals surface area contributed by atoms with Crippen LogP contribution in [0.3, 0.4) is 0 Å². The van der Waals surface area contributed by atoms with Crippen molar-refractivity contribution in [2.24, 2.45) is 5.41 Å². The van der Waals surface area contributed by atoms with Gasteiger partial charge >= 0.3 is 0 Å². The summed E-state index contributed by atoms with van der Waals surface area (Å²) in [6.07, 6.45) is 9.05. The fourth-order valence-electron chi connectivity index (χ4n) is 3.85. The van der Waals surface area contributed by atoms with E-state index in [0.717, 1.165) is 37.7 Å². The van der Waals surface area contributed by atoms with Gasteiger partial charge in [-0.2, -0.15) is 0 Å². The number of methoxy groups -OCH3 is 1. The van der Waals surface area contributed by atoms with Crippen LogP contribution in [0, 0.1) is 5.41 Å². The Kier molecular flexibility index (Phi) is 6.97. The molecule has 28 heavy (non-hydrogen) atoms. The van der Waals surface area contributed by atoms with E-state index >= 15 is 0 Å². The van der Waals surface area contributed by atoms with E-state index in [1.54, 1.807) is 19.5 Å². The normalized spacial score (nSPS) is 15.6. The van der Waals surface area contributed by atoms with Crippen molar-refractivity contribution in [3.8, 4) is 5.88 Å². The summed E-state index contributed by atoms with van der Waals surface area (Å²) in [6, 6.07) is 3.69. The number of pyridine rings is 1. The number of ether oxygens (including phenoxy) is 1. The highest BCUT2D eigenvalue weighted by molar-refractivity contribution is 7.13. The molecule has 2 aromatic heterocycles. The summed E-state index contributed by atoms with van der Waals surface area (Å²) in [6.45, 7) is 0.358. The molecule has 2 aromatic rings. The second-order valence-electron chi connectivity index (χ2n) is 7.25. The SMILES string of the molecule is COc1ncccc1CNC(=O)CC1(CC(=O)Nc2nccs2)CCCCC1. The van der Waals surface area contributed by atoms with Crippen molar-refractivity contribution >= 4 is 28.3 Å². The maximum absolute atomic E-state index is 12.7. The summed E-state index contributed by atoms with van der Waals surface area (Å²) in [5.74, 6) is 0.395. The Morgan fingerprint density at radius 2 is 1.93 bits per heavy atom. The molecule has 0 bridgehead atoms. The Hall–Kier alpha value is -2.48. The van der Waals surface area contributed by atoms with Crippen LogP contribution in [-0.2, 0) is 16.1 Å². The molecule has 1 saturated carbocycles. The summed E-state index contributed by atoms with van der Waals surface area (Å²) < 4.78 is 5.23. The number of nitrogens with one attached hydrogen (secondary N) is 2. The molecule has 0 aromatic carbocycles. The maximum atomic E-state index is 12.7. The zero-order chi connectivity index (χ0) is 19.8. The number of thiazole rings is 1. The molecule has 1 aliphatic carbocycles. The standard InChI is InChI=1S/C20H26N4O3S/c1-27-18-15(6-5-9-21-18)14-23-16(25)12-20(7-3-2-4-8-20)13-17(26)24-19-22-10-11-28-19/h5-6,9-11H,2-4,7-8,12-14H2,1H3,(H,23,25)(H,22,24,26). The van der Waals surface area contributed by atoms with Crippen LogP contribution in [0.15, 0.2) is 29.9 Å². The fraction of sp³-hybridized carbons (Fsp3) is 0.500. The average molecular weight is 403 g/mol. The predicted molar refractivity (Wildman–Crippen MR) is 108 cm³/mol. The molecule has 3 rings (SSSR count). The van der Waals surface area contributed by atoms with Gasteiger partial charge in [0.25, 0.3) is 0 Å². The number of anilines is 1. The van der Waals surface area contributed by atoms with Gasteiger partial charge < -0.3 is 15.4 Å². The molecule has 7 nitrogen and oxygen atoms in total. The first kappa shape index (κ1) is 20.3. The Labute approximate surface area is 168 Å². The molecule has 8 heteroatoms. The third kappa shape index (κ3) is 5.51. The van der Waals surface area contributed by atoms with Crippen LogP contribution >= 0.6 is 11.3 Å². The maximum Gasteiger partial charge on any atom is 0.226 e. The van der Waals surface area contributed by atoms with E-state index in [1.165, 1.54) is 11.3 Å². The Morgan fingerprint density at radius 3 is 2.64 bits per heavy atom. The number of carbonyl (C=O) groups is 2. The Balaban J connectivity index is 1.59. The quantitative estimate of drug-likeness (QED) is 0.704. The van der Waals surface area contributed by atoms with E-state index in [9.17, 15) is 9.59 Å². The van der Waals surface area contributed by atoms with Gasteiger partial charge in [-0.3, -0.25) is 9.59 Å². The topological polar surface area (TPSA) is 93.2 Å². The molecule has 0 atom stereocenters. The van der Waals surface area contributed by atoms with Crippen LogP contribution in [-0.4, -0.2) is 28.9 Å². The zero-order valence-electron chi connectivity index (χ0n) is 16.1. The van der Waals surface area contributed by atoms with Gasteiger partial charge in [-0.25, -0.2) is 9.97 Å². The van der Waals surface area contributed by atoms with Crippen LogP contribution in [0.2, 0.25) is 0 Å². The first-order valence-corrected chi connectivity index (χ1v) is 10.4. The number of aromatic nitrogens is 2. The smallest absolute Gasteiger partial charge is 0.226 e. The summed E-state index contributed by atoms with van der Waals surface area (Å²) in [4.78, 5) is 33.5. The highest BCUT2D eigenvalue weighted by atomic mass is 32.1. The van der Waals surface area contributed by atoms with Gasteiger partial charge in [0.1, 0.15) is 0 Å². The monoisotopic (exact) mass is 402 g/mol. The predicted octanol–water partition coefficient (Wildman–Crippen LogP) is 3.53. The molecular formula is C20H26N4O3S. The van der Waals surface area contributed by atoms with Crippen LogP contribution in [0.1, 0.15) is 50.5 Å². The van der Waals surface area contributed by atoms with E-state index in [-0.39, 0.29) is 17.2 Å². The van der Waals surface area contributed by atoms with E-state index in [1.807, 2.05) is 17.5 Å². The minimum atomic E-state index is -0.289. The van der Waals surface area contributed by atoms with Crippen molar-refractivity contribution in [3.63, 3.8) is 0 Å². The zero-order valence-corrected chi connectivity index (χ0v) is 16.9. The number of hydrogen-bond acceptors (Lipinski definition) is 6. The molecule has 1 fully saturated rings. The number of amides is 2. The summed E-state index contributed by atoms with van der Waals surface area (Å²) in [5, 5.41) is 8.24. The van der Waals surface area contributed by atoms with Crippen LogP contribution in [0.5, 0.6) is 5.88 Å². The van der Waals surface area contributed by atoms with E-state index < -0.39 is 0 Å². The van der Waals surface area contributed by atoms with Crippen molar-refractivity contribution in [3.05, 3.63) is 35.5 Å². The molecule has 150 valence electrons. The fourth-order valence-corrected chi connectivity index (χ4v) is 4.39. The molecular weight excluding hydrogens is 376 g/mol. The lowest BCUT2D eigenvalue weighted by atomic mass is 9.69. The van der Waals surface area contributed by atoms with Gasteiger partial charge in [0.15, 0.2) is 5.13 Å². The van der Waals surface area contributed by atoms with Crippen molar-refractivity contribution in [2.45, 2.75) is 51.5 Å². The minimum Gasteiger partial charge on any atom is -0.481 e. The van der Waals surface area contributed by atoms with E-state index in [4.69, 9.17) is 4.74 Å². The lowest BCUT2D eigenvalue weighted by molar-refractivity contribution is -0.126. The highest BCUT2D eigenvalue weighted by Crippen LogP contribution is 2.42. The van der Waals surface area contributed by atoms with Crippen LogP contribution in [0.25, 0.3) is 0 Å². The lowest BCUT2D eigenvalue weighted by Gasteiger charge is -2.36. The summed E-state index contributed by atoms with van der Waals surface area (Å²) >= 11 is 1.40. The van der Waals surface area contributed by atoms with Crippen LogP contribution < -0.4 is 15.4 Å². The molecule has 0 saturated heterocycles. The summed E-state index contributed by atoms with van der Waals surface area (Å²) in [5.41, 5.74) is 0.542. The Bertz CT molecular complexity index is 789. The van der Waals surface area contributed by atoms with Gasteiger partial charge in [0.05, 0.1) is 7.11 Å². The van der Waals surface area contributed by atoms with Crippen LogP contribution in [0.4, 0.5) is 5.13 Å². The number of carbonyl (C=O) groups excluding carboxylic acids is 2. The van der Waals surface area contributed by atoms with Crippen molar-refractivity contribution in [1.82, 2.24) is 15.3 Å². The number of rotatable bonds is 8. The number of nitrogens with zero attached hydrogens (tertiary/aromatic N) is 2. The highest BCUT2D eigenvalue weighted by Gasteiger charge is 2.36. The van der Waals surface area contributed by atoms with Crippen molar-refractivity contribution in [1.29, 1.82) is 0 Å². The van der Waals surface area contributed by atoms with E-state index in [0.29, 0.717) is 30.4 Å². The molecule has 2 heterocycles.